The highest BCUT2D eigenvalue weighted by atomic mass is 16.7. The third-order valence-electron chi connectivity index (χ3n) is 14.6. The van der Waals surface area contributed by atoms with Gasteiger partial charge in [0.25, 0.3) is 0 Å². The van der Waals surface area contributed by atoms with E-state index in [0.717, 1.165) is 0 Å². The van der Waals surface area contributed by atoms with Gasteiger partial charge in [0, 0.05) is 7.11 Å². The van der Waals surface area contributed by atoms with Gasteiger partial charge in [-0.05, 0) is 34.1 Å². The lowest BCUT2D eigenvalue weighted by atomic mass is 9.92. The Labute approximate surface area is 405 Å². The van der Waals surface area contributed by atoms with Crippen molar-refractivity contribution in [2.75, 3.05) is 53.4 Å². The highest BCUT2D eigenvalue weighted by Gasteiger charge is 2.53. The summed E-state index contributed by atoms with van der Waals surface area (Å²) in [6.07, 6.45) is -37.3. The van der Waals surface area contributed by atoms with Gasteiger partial charge in [0.1, 0.15) is 153 Å². The van der Waals surface area contributed by atoms with Crippen LogP contribution in [0.15, 0.2) is 0 Å². The molecule has 70 heavy (non-hydrogen) atoms. The maximum Gasteiger partial charge on any atom is 0.115 e. The molecule has 6 fully saturated rings. The number of hydrogen-bond donors (Lipinski definition) is 14. The van der Waals surface area contributed by atoms with Gasteiger partial charge in [0.2, 0.25) is 0 Å². The van der Waals surface area contributed by atoms with Crippen LogP contribution in [-0.4, -0.2) is 308 Å². The third kappa shape index (κ3) is 12.6. The molecule has 26 heteroatoms. The van der Waals surface area contributed by atoms with Crippen LogP contribution in [0.4, 0.5) is 0 Å². The molecule has 0 saturated carbocycles. The van der Waals surface area contributed by atoms with E-state index in [1.807, 2.05) is 0 Å². The van der Waals surface area contributed by atoms with Gasteiger partial charge >= 0.3 is 0 Å². The van der Waals surface area contributed by atoms with Crippen molar-refractivity contribution in [1.29, 1.82) is 0 Å². The summed E-state index contributed by atoms with van der Waals surface area (Å²) in [4.78, 5) is 0. The van der Waals surface area contributed by atoms with Crippen LogP contribution in [0.2, 0.25) is 0 Å². The summed E-state index contributed by atoms with van der Waals surface area (Å²) in [5, 5.41) is 151. The summed E-state index contributed by atoms with van der Waals surface area (Å²) in [6, 6.07) is 0. The predicted octanol–water partition coefficient (Wildman–Crippen LogP) is -7.66. The van der Waals surface area contributed by atoms with Crippen molar-refractivity contribution in [3.05, 3.63) is 0 Å². The lowest BCUT2D eigenvalue weighted by molar-refractivity contribution is -0.298. The van der Waals surface area contributed by atoms with Gasteiger partial charge in [-0.15, -0.1) is 0 Å². The SMILES string of the molecule is CCC1OC(C)C(OCC2OC(CO)C(OCC3OC(C)C(OCC4OC(CO)C(O)C(OC)C4O)C(O)C3O)C(OCC3OC(C)C(OCC4OC(C)C(O)C(O)C4O)C(O)C3O)C2O)C(O)C1O. The molecule has 14 N–H and O–H groups in total. The molecule has 6 aliphatic heterocycles. The fourth-order valence-corrected chi connectivity index (χ4v) is 10.3. The average molecular weight is 1020 g/mol. The molecule has 6 rings (SSSR count). The molecular formula is C44H78O26. The maximum absolute atomic E-state index is 11.9. The van der Waals surface area contributed by atoms with Crippen molar-refractivity contribution < 1.29 is 128 Å². The monoisotopic (exact) mass is 1020 g/mol. The van der Waals surface area contributed by atoms with Gasteiger partial charge in [-0.2, -0.15) is 0 Å². The first-order valence-electron chi connectivity index (χ1n) is 24.1. The predicted molar refractivity (Wildman–Crippen MR) is 231 cm³/mol. The van der Waals surface area contributed by atoms with Crippen molar-refractivity contribution in [3.8, 4) is 0 Å². The summed E-state index contributed by atoms with van der Waals surface area (Å²) in [7, 11) is 1.27. The second-order valence-corrected chi connectivity index (χ2v) is 19.3. The molecule has 30 unspecified atom stereocenters. The minimum atomic E-state index is -1.66. The molecular weight excluding hydrogens is 944 g/mol. The summed E-state index contributed by atoms with van der Waals surface area (Å²) >= 11 is 0. The molecule has 6 heterocycles. The molecule has 0 aromatic heterocycles. The van der Waals surface area contributed by atoms with E-state index in [9.17, 15) is 71.5 Å². The number of aliphatic hydroxyl groups excluding tert-OH is 14. The second-order valence-electron chi connectivity index (χ2n) is 19.3. The summed E-state index contributed by atoms with van der Waals surface area (Å²) in [6.45, 7) is 4.59. The molecule has 0 amide bonds. The molecule has 0 aromatic rings. The Morgan fingerprint density at radius 1 is 0.300 bits per heavy atom. The number of rotatable bonds is 19. The van der Waals surface area contributed by atoms with Crippen molar-refractivity contribution >= 4 is 0 Å². The first-order chi connectivity index (χ1) is 33.2. The topological polar surface area (TPSA) is 394 Å². The van der Waals surface area contributed by atoms with E-state index >= 15 is 0 Å². The maximum atomic E-state index is 11.9. The first kappa shape index (κ1) is 58.2. The Morgan fingerprint density at radius 3 is 1.03 bits per heavy atom. The molecule has 410 valence electrons. The standard InChI is InChI=1S/C44H78O26/c1-7-19-28(48)36(56)39(16(3)66-19)62-14-26-34(54)44(64-12-24-31(51)38(58)40(17(4)68-24)60-10-22-29(49)35(55)27(47)15(2)65-22)42(21(9-46)70-26)63-11-23-30(50)37(57)41(18(5)67-23)61-13-25-33(53)43(59-6)32(52)20(8-45)69-25/h15-58H,7-14H2,1-6H3. The van der Waals surface area contributed by atoms with E-state index in [0.29, 0.717) is 6.42 Å². The Balaban J connectivity index is 1.12. The van der Waals surface area contributed by atoms with Crippen LogP contribution >= 0.6 is 0 Å². The van der Waals surface area contributed by atoms with Crippen LogP contribution in [0.25, 0.3) is 0 Å². The summed E-state index contributed by atoms with van der Waals surface area (Å²) < 4.78 is 70.6. The van der Waals surface area contributed by atoms with Crippen LogP contribution in [0.5, 0.6) is 0 Å². The number of methoxy groups -OCH3 is 1. The molecule has 30 atom stereocenters. The number of aliphatic hydroxyl groups is 14. The van der Waals surface area contributed by atoms with Crippen molar-refractivity contribution in [2.45, 2.75) is 224 Å². The minimum absolute atomic E-state index is 0.353. The van der Waals surface area contributed by atoms with Gasteiger partial charge in [0.15, 0.2) is 0 Å². The number of hydrogen-bond acceptors (Lipinski definition) is 26. The van der Waals surface area contributed by atoms with E-state index < -0.39 is 216 Å². The zero-order valence-corrected chi connectivity index (χ0v) is 40.1. The zero-order chi connectivity index (χ0) is 51.5. The van der Waals surface area contributed by atoms with E-state index in [-0.39, 0.29) is 13.2 Å². The summed E-state index contributed by atoms with van der Waals surface area (Å²) in [5.41, 5.74) is 0. The van der Waals surface area contributed by atoms with Crippen LogP contribution in [0.1, 0.15) is 41.0 Å². The molecule has 0 bridgehead atoms. The van der Waals surface area contributed by atoms with E-state index in [1.165, 1.54) is 14.0 Å². The quantitative estimate of drug-likeness (QED) is 0.0571. The van der Waals surface area contributed by atoms with Crippen molar-refractivity contribution in [2.24, 2.45) is 0 Å². The fraction of sp³-hybridized carbons (Fsp3) is 1.00. The fourth-order valence-electron chi connectivity index (χ4n) is 10.3. The lowest BCUT2D eigenvalue weighted by Gasteiger charge is -2.47. The van der Waals surface area contributed by atoms with E-state index in [1.54, 1.807) is 27.7 Å². The van der Waals surface area contributed by atoms with Crippen LogP contribution in [0, 0.1) is 0 Å². The smallest absolute Gasteiger partial charge is 0.115 e. The van der Waals surface area contributed by atoms with Gasteiger partial charge in [-0.3, -0.25) is 0 Å². The zero-order valence-electron chi connectivity index (χ0n) is 40.1. The minimum Gasteiger partial charge on any atom is -0.394 e. The highest BCUT2D eigenvalue weighted by molar-refractivity contribution is 5.00. The molecule has 0 aliphatic carbocycles. The molecule has 6 saturated heterocycles. The largest absolute Gasteiger partial charge is 0.394 e. The average Bonchev–Trinajstić information content (AvgIpc) is 3.33. The lowest BCUT2D eigenvalue weighted by Crippen LogP contribution is -2.65. The van der Waals surface area contributed by atoms with Crippen molar-refractivity contribution in [1.82, 2.24) is 0 Å². The van der Waals surface area contributed by atoms with Crippen LogP contribution in [0.3, 0.4) is 0 Å². The Bertz CT molecular complexity index is 1560. The van der Waals surface area contributed by atoms with E-state index in [4.69, 9.17) is 56.8 Å². The van der Waals surface area contributed by atoms with Gasteiger partial charge in [0.05, 0.1) is 76.8 Å². The Morgan fingerprint density at radius 2 is 0.614 bits per heavy atom. The molecule has 0 aromatic carbocycles. The molecule has 26 nitrogen and oxygen atoms in total. The second kappa shape index (κ2) is 25.7. The van der Waals surface area contributed by atoms with E-state index in [2.05, 4.69) is 0 Å². The molecule has 0 radical (unpaired) electrons. The van der Waals surface area contributed by atoms with Crippen LogP contribution < -0.4 is 0 Å². The Kier molecular flexibility index (Phi) is 21.3. The van der Waals surface area contributed by atoms with Crippen LogP contribution in [-0.2, 0) is 56.8 Å². The third-order valence-corrected chi connectivity index (χ3v) is 14.6. The number of ether oxygens (including phenoxy) is 12. The van der Waals surface area contributed by atoms with Gasteiger partial charge in [-0.25, -0.2) is 0 Å². The Hall–Kier alpha value is -1.04. The summed E-state index contributed by atoms with van der Waals surface area (Å²) in [5.74, 6) is 0. The molecule has 0 spiro atoms. The van der Waals surface area contributed by atoms with Gasteiger partial charge in [-0.1, -0.05) is 6.92 Å². The van der Waals surface area contributed by atoms with Gasteiger partial charge < -0.3 is 128 Å². The molecule has 6 aliphatic rings. The van der Waals surface area contributed by atoms with Crippen molar-refractivity contribution in [3.63, 3.8) is 0 Å². The first-order valence-corrected chi connectivity index (χ1v) is 24.1. The normalized spacial score (nSPS) is 51.6. The highest BCUT2D eigenvalue weighted by Crippen LogP contribution is 2.34.